The molecule has 0 spiro atoms. The molecule has 0 radical (unpaired) electrons. The molecule has 0 saturated heterocycles. The lowest BCUT2D eigenvalue weighted by Gasteiger charge is -2.08. The van der Waals surface area contributed by atoms with E-state index in [4.69, 9.17) is 0 Å². The summed E-state index contributed by atoms with van der Waals surface area (Å²) in [6.07, 6.45) is 11.1. The van der Waals surface area contributed by atoms with Gasteiger partial charge < -0.3 is 0 Å². The fourth-order valence-electron chi connectivity index (χ4n) is 3.61. The second kappa shape index (κ2) is 8.35. The highest BCUT2D eigenvalue weighted by molar-refractivity contribution is 5.25. The van der Waals surface area contributed by atoms with Gasteiger partial charge in [0.1, 0.15) is 37.9 Å². The molecule has 26 heavy (non-hydrogen) atoms. The third-order valence-corrected chi connectivity index (χ3v) is 5.24. The zero-order chi connectivity index (χ0) is 18.5. The van der Waals surface area contributed by atoms with Gasteiger partial charge in [-0.3, -0.25) is 0 Å². The van der Waals surface area contributed by atoms with Gasteiger partial charge in [-0.15, -0.1) is 0 Å². The molecular formula is C22H32N4+2. The molecule has 0 amide bonds. The van der Waals surface area contributed by atoms with Crippen molar-refractivity contribution in [1.29, 1.82) is 0 Å². The minimum absolute atomic E-state index is 0.925. The molecule has 0 aliphatic carbocycles. The summed E-state index contributed by atoms with van der Waals surface area (Å²) >= 11 is 0. The molecular weight excluding hydrogens is 320 g/mol. The molecule has 0 aliphatic rings. The highest BCUT2D eigenvalue weighted by atomic mass is 15.2. The van der Waals surface area contributed by atoms with Crippen molar-refractivity contribution < 1.29 is 9.13 Å². The van der Waals surface area contributed by atoms with Gasteiger partial charge in [0, 0.05) is 25.0 Å². The van der Waals surface area contributed by atoms with Crippen LogP contribution in [0.2, 0.25) is 0 Å². The summed E-state index contributed by atoms with van der Waals surface area (Å²) < 4.78 is 9.39. The number of hydrogen-bond acceptors (Lipinski definition) is 0. The average molecular weight is 353 g/mol. The Kier molecular flexibility index (Phi) is 5.92. The van der Waals surface area contributed by atoms with Crippen molar-refractivity contribution in [2.75, 3.05) is 0 Å². The summed E-state index contributed by atoms with van der Waals surface area (Å²) in [5.74, 6) is 2.64. The summed E-state index contributed by atoms with van der Waals surface area (Å²) in [6.45, 7) is 12.9. The van der Waals surface area contributed by atoms with Gasteiger partial charge in [0.25, 0.3) is 11.6 Å². The van der Waals surface area contributed by atoms with Gasteiger partial charge in [0.15, 0.2) is 0 Å². The van der Waals surface area contributed by atoms with E-state index in [1.54, 1.807) is 0 Å². The Morgan fingerprint density at radius 1 is 0.731 bits per heavy atom. The number of aryl methyl sites for hydroxylation is 2. The molecule has 0 unspecified atom stereocenters. The molecule has 0 atom stereocenters. The lowest BCUT2D eigenvalue weighted by Crippen LogP contribution is -2.39. The Balaban J connectivity index is 1.83. The first kappa shape index (κ1) is 18.4. The summed E-state index contributed by atoms with van der Waals surface area (Å²) in [5.41, 5.74) is 2.79. The first-order chi connectivity index (χ1) is 12.6. The first-order valence-corrected chi connectivity index (χ1v) is 9.81. The largest absolute Gasteiger partial charge is 0.253 e. The maximum Gasteiger partial charge on any atom is 0.253 e. The van der Waals surface area contributed by atoms with E-state index in [9.17, 15) is 0 Å². The van der Waals surface area contributed by atoms with Crippen molar-refractivity contribution in [2.24, 2.45) is 0 Å². The van der Waals surface area contributed by atoms with Gasteiger partial charge in [-0.1, -0.05) is 38.1 Å². The minimum Gasteiger partial charge on any atom is -0.234 e. The zero-order valence-electron chi connectivity index (χ0n) is 16.7. The quantitative estimate of drug-likeness (QED) is 0.553. The van der Waals surface area contributed by atoms with Crippen molar-refractivity contribution in [3.63, 3.8) is 0 Å². The van der Waals surface area contributed by atoms with Crippen molar-refractivity contribution in [3.8, 4) is 0 Å². The van der Waals surface area contributed by atoms with Crippen LogP contribution in [0.5, 0.6) is 0 Å². The molecule has 4 heteroatoms. The Labute approximate surface area is 157 Å². The van der Waals surface area contributed by atoms with Crippen LogP contribution in [0.25, 0.3) is 0 Å². The van der Waals surface area contributed by atoms with Gasteiger partial charge in [0.05, 0.1) is 13.1 Å². The van der Waals surface area contributed by atoms with Crippen LogP contribution in [-0.4, -0.2) is 9.13 Å². The molecule has 0 N–H and O–H groups in total. The first-order valence-electron chi connectivity index (χ1n) is 9.81. The summed E-state index contributed by atoms with van der Waals surface area (Å²) in [4.78, 5) is 0. The summed E-state index contributed by atoms with van der Waals surface area (Å²) in [6, 6.07) is 8.82. The predicted octanol–water partition coefficient (Wildman–Crippen LogP) is 3.40. The zero-order valence-corrected chi connectivity index (χ0v) is 16.7. The number of aromatic nitrogens is 4. The van der Waals surface area contributed by atoms with Crippen LogP contribution in [0, 0.1) is 13.8 Å². The van der Waals surface area contributed by atoms with E-state index in [1.165, 1.54) is 22.8 Å². The topological polar surface area (TPSA) is 17.6 Å². The molecule has 2 heterocycles. The second-order valence-electron chi connectivity index (χ2n) is 7.10. The maximum atomic E-state index is 2.36. The number of imidazole rings is 2. The summed E-state index contributed by atoms with van der Waals surface area (Å²) in [5, 5.41) is 0. The number of nitrogens with zero attached hydrogens (tertiary/aromatic N) is 4. The monoisotopic (exact) mass is 352 g/mol. The van der Waals surface area contributed by atoms with Gasteiger partial charge in [-0.25, -0.2) is 18.3 Å². The molecule has 4 nitrogen and oxygen atoms in total. The van der Waals surface area contributed by atoms with Gasteiger partial charge >= 0.3 is 0 Å². The third kappa shape index (κ3) is 3.90. The Morgan fingerprint density at radius 3 is 1.54 bits per heavy atom. The number of benzene rings is 1. The molecule has 0 saturated carbocycles. The van der Waals surface area contributed by atoms with Crippen LogP contribution in [0.15, 0.2) is 49.1 Å². The van der Waals surface area contributed by atoms with Crippen molar-refractivity contribution in [2.45, 2.75) is 66.7 Å². The van der Waals surface area contributed by atoms with E-state index in [2.05, 4.69) is 95.0 Å². The number of hydrogen-bond donors (Lipinski definition) is 0. The molecule has 138 valence electrons. The Morgan fingerprint density at radius 2 is 1.15 bits per heavy atom. The molecule has 3 aromatic rings. The highest BCUT2D eigenvalue weighted by Gasteiger charge is 2.16. The average Bonchev–Trinajstić information content (AvgIpc) is 3.15. The molecule has 0 fully saturated rings. The van der Waals surface area contributed by atoms with E-state index < -0.39 is 0 Å². The number of rotatable bonds is 8. The Bertz CT molecular complexity index is 786. The fraction of sp³-hybridized carbons (Fsp3) is 0.455. The second-order valence-corrected chi connectivity index (χ2v) is 7.10. The molecule has 2 aromatic heterocycles. The smallest absolute Gasteiger partial charge is 0.234 e. The van der Waals surface area contributed by atoms with Crippen molar-refractivity contribution >= 4 is 0 Å². The third-order valence-electron chi connectivity index (χ3n) is 5.24. The molecule has 0 aliphatic heterocycles. The minimum atomic E-state index is 0.925. The highest BCUT2D eigenvalue weighted by Crippen LogP contribution is 2.10. The maximum absolute atomic E-state index is 2.36. The van der Waals surface area contributed by atoms with E-state index >= 15 is 0 Å². The van der Waals surface area contributed by atoms with Crippen LogP contribution in [0.3, 0.4) is 0 Å². The molecule has 1 aromatic carbocycles. The molecule has 0 bridgehead atoms. The van der Waals surface area contributed by atoms with Crippen LogP contribution in [0.1, 0.15) is 49.5 Å². The van der Waals surface area contributed by atoms with Crippen LogP contribution in [-0.2, 0) is 26.2 Å². The van der Waals surface area contributed by atoms with Crippen molar-refractivity contribution in [1.82, 2.24) is 9.13 Å². The lowest BCUT2D eigenvalue weighted by atomic mass is 10.1. The van der Waals surface area contributed by atoms with Gasteiger partial charge in [-0.2, -0.15) is 0 Å². The predicted molar refractivity (Wildman–Crippen MR) is 104 cm³/mol. The van der Waals surface area contributed by atoms with Gasteiger partial charge in [-0.05, 0) is 12.8 Å². The van der Waals surface area contributed by atoms with E-state index in [1.807, 2.05) is 0 Å². The normalized spacial score (nSPS) is 11.2. The Hall–Kier alpha value is -2.36. The van der Waals surface area contributed by atoms with E-state index in [-0.39, 0.29) is 0 Å². The lowest BCUT2D eigenvalue weighted by molar-refractivity contribution is -0.699. The molecule has 3 rings (SSSR count). The van der Waals surface area contributed by atoms with Gasteiger partial charge in [0.2, 0.25) is 0 Å². The van der Waals surface area contributed by atoms with Crippen LogP contribution >= 0.6 is 0 Å². The van der Waals surface area contributed by atoms with Crippen LogP contribution in [0.4, 0.5) is 0 Å². The fourth-order valence-corrected chi connectivity index (χ4v) is 3.61. The van der Waals surface area contributed by atoms with E-state index in [0.717, 1.165) is 39.0 Å². The standard InChI is InChI=1S/C22H32N4/c1-5-11-23-13-15-25(19(23)3)17-21-9-7-8-10-22(21)18-26-16-14-24(12-6-2)20(26)4/h7-10,13-16H,5-6,11-12,17-18H2,1-4H3/q+2. The summed E-state index contributed by atoms with van der Waals surface area (Å²) in [7, 11) is 0. The van der Waals surface area contributed by atoms with E-state index in [0.29, 0.717) is 0 Å². The van der Waals surface area contributed by atoms with Crippen molar-refractivity contribution in [3.05, 3.63) is 71.8 Å². The van der Waals surface area contributed by atoms with Crippen LogP contribution < -0.4 is 9.13 Å². The SMILES string of the molecule is CCCn1cc[n+](Cc2ccccc2C[n+]2ccn(CCC)c2C)c1C.